The second-order valence-electron chi connectivity index (χ2n) is 11.5. The molecule has 236 valence electrons. The number of aliphatic hydroxyl groups is 1. The number of ether oxygens (including phenoxy) is 2. The lowest BCUT2D eigenvalue weighted by Gasteiger charge is -2.44. The van der Waals surface area contributed by atoms with E-state index in [-0.39, 0.29) is 36.2 Å². The molecule has 4 aromatic rings. The van der Waals surface area contributed by atoms with Gasteiger partial charge in [0.1, 0.15) is 0 Å². The molecule has 6 rings (SSSR count). The minimum atomic E-state index is -3.61. The topological polar surface area (TPSA) is 117 Å². The van der Waals surface area contributed by atoms with Gasteiger partial charge in [-0.05, 0) is 34.9 Å². The Balaban J connectivity index is 1.15. The molecule has 11 heteroatoms. The standard InChI is InChI=1S/C34H39N5O5S/c1-25-31(23-38-18-20-39(21-19-38)34-35-16-5-17-36-34)43-33(44-32(25)28-12-10-27(24-40)11-13-28)29-14-8-26(9-15-29)22-37-45(41,42)30-6-3-2-4-7-30/h2-17,25,31-33,37,40H,18-24H2,1H3/t25-,31+,32+,33+/m1/s1. The Morgan fingerprint density at radius 1 is 0.822 bits per heavy atom. The molecule has 10 nitrogen and oxygen atoms in total. The van der Waals surface area contributed by atoms with E-state index in [1.54, 1.807) is 42.7 Å². The highest BCUT2D eigenvalue weighted by Gasteiger charge is 2.39. The average molecular weight is 630 g/mol. The summed E-state index contributed by atoms with van der Waals surface area (Å²) in [6.45, 7) is 6.52. The Morgan fingerprint density at radius 3 is 2.13 bits per heavy atom. The van der Waals surface area contributed by atoms with Crippen molar-refractivity contribution in [2.75, 3.05) is 37.6 Å². The summed E-state index contributed by atoms with van der Waals surface area (Å²) in [6.07, 6.45) is 2.65. The minimum absolute atomic E-state index is 0.0103. The summed E-state index contributed by atoms with van der Waals surface area (Å²) >= 11 is 0. The number of nitrogens with one attached hydrogen (secondary N) is 1. The Labute approximate surface area is 264 Å². The van der Waals surface area contributed by atoms with Gasteiger partial charge in [-0.1, -0.05) is 73.7 Å². The first-order chi connectivity index (χ1) is 21.9. The van der Waals surface area contributed by atoms with Gasteiger partial charge in [-0.3, -0.25) is 4.90 Å². The number of sulfonamides is 1. The van der Waals surface area contributed by atoms with Crippen LogP contribution in [-0.4, -0.2) is 67.2 Å². The second kappa shape index (κ2) is 14.2. The summed E-state index contributed by atoms with van der Waals surface area (Å²) in [5.74, 6) is 0.832. The first-order valence-electron chi connectivity index (χ1n) is 15.3. The van der Waals surface area contributed by atoms with Crippen molar-refractivity contribution in [1.82, 2.24) is 19.6 Å². The van der Waals surface area contributed by atoms with E-state index in [2.05, 4.69) is 31.4 Å². The van der Waals surface area contributed by atoms with Gasteiger partial charge in [-0.2, -0.15) is 0 Å². The van der Waals surface area contributed by atoms with Gasteiger partial charge in [0, 0.05) is 63.1 Å². The molecule has 0 bridgehead atoms. The van der Waals surface area contributed by atoms with Crippen LogP contribution >= 0.6 is 0 Å². The van der Waals surface area contributed by atoms with Crippen molar-refractivity contribution < 1.29 is 23.0 Å². The first kappa shape index (κ1) is 31.3. The van der Waals surface area contributed by atoms with E-state index in [0.29, 0.717) is 0 Å². The lowest BCUT2D eigenvalue weighted by Crippen LogP contribution is -2.51. The fourth-order valence-electron chi connectivity index (χ4n) is 5.82. The predicted octanol–water partition coefficient (Wildman–Crippen LogP) is 4.06. The predicted molar refractivity (Wildman–Crippen MR) is 171 cm³/mol. The zero-order valence-electron chi connectivity index (χ0n) is 25.3. The number of anilines is 1. The van der Waals surface area contributed by atoms with Gasteiger partial charge < -0.3 is 19.5 Å². The van der Waals surface area contributed by atoms with Gasteiger partial charge in [0.25, 0.3) is 0 Å². The van der Waals surface area contributed by atoms with E-state index in [4.69, 9.17) is 9.47 Å². The maximum Gasteiger partial charge on any atom is 0.240 e. The Morgan fingerprint density at radius 2 is 1.47 bits per heavy atom. The zero-order chi connectivity index (χ0) is 31.2. The van der Waals surface area contributed by atoms with Crippen molar-refractivity contribution in [2.45, 2.75) is 43.5 Å². The van der Waals surface area contributed by atoms with Gasteiger partial charge in [0.05, 0.1) is 23.7 Å². The number of aromatic nitrogens is 2. The highest BCUT2D eigenvalue weighted by Crippen LogP contribution is 2.42. The molecule has 2 aliphatic rings. The molecule has 0 unspecified atom stereocenters. The maximum atomic E-state index is 12.7. The second-order valence-corrected chi connectivity index (χ2v) is 13.3. The number of hydrogen-bond donors (Lipinski definition) is 2. The van der Waals surface area contributed by atoms with Gasteiger partial charge >= 0.3 is 0 Å². The first-order valence-corrected chi connectivity index (χ1v) is 16.8. The Bertz CT molecular complexity index is 1620. The molecular formula is C34H39N5O5S. The van der Waals surface area contributed by atoms with Crippen molar-refractivity contribution in [1.29, 1.82) is 0 Å². The quantitative estimate of drug-likeness (QED) is 0.268. The summed E-state index contributed by atoms with van der Waals surface area (Å²) in [7, 11) is -3.61. The fraction of sp³-hybridized carbons (Fsp3) is 0.353. The number of benzene rings is 3. The monoisotopic (exact) mass is 629 g/mol. The van der Waals surface area contributed by atoms with E-state index in [1.165, 1.54) is 0 Å². The summed E-state index contributed by atoms with van der Waals surface area (Å²) in [5, 5.41) is 9.55. The molecule has 0 saturated carbocycles. The van der Waals surface area contributed by atoms with Crippen LogP contribution in [0.25, 0.3) is 0 Å². The number of hydrogen-bond acceptors (Lipinski definition) is 9. The van der Waals surface area contributed by atoms with Crippen molar-refractivity contribution in [3.05, 3.63) is 120 Å². The van der Waals surface area contributed by atoms with Crippen LogP contribution in [0, 0.1) is 5.92 Å². The van der Waals surface area contributed by atoms with Crippen molar-refractivity contribution in [2.24, 2.45) is 5.92 Å². The van der Waals surface area contributed by atoms with E-state index < -0.39 is 16.3 Å². The molecular weight excluding hydrogens is 590 g/mol. The van der Waals surface area contributed by atoms with E-state index in [9.17, 15) is 13.5 Å². The third-order valence-corrected chi connectivity index (χ3v) is 9.96. The average Bonchev–Trinajstić information content (AvgIpc) is 3.10. The van der Waals surface area contributed by atoms with Gasteiger partial charge in [-0.15, -0.1) is 0 Å². The van der Waals surface area contributed by atoms with Crippen molar-refractivity contribution in [3.63, 3.8) is 0 Å². The van der Waals surface area contributed by atoms with E-state index >= 15 is 0 Å². The molecule has 2 N–H and O–H groups in total. The molecule has 45 heavy (non-hydrogen) atoms. The van der Waals surface area contributed by atoms with Crippen molar-refractivity contribution in [3.8, 4) is 0 Å². The van der Waals surface area contributed by atoms with Crippen LogP contribution in [0.1, 0.15) is 41.6 Å². The summed E-state index contributed by atoms with van der Waals surface area (Å²) < 4.78 is 41.3. The molecule has 0 radical (unpaired) electrons. The molecule has 2 aliphatic heterocycles. The minimum Gasteiger partial charge on any atom is -0.392 e. The normalized spacial score (nSPS) is 22.8. The largest absolute Gasteiger partial charge is 0.392 e. The summed E-state index contributed by atoms with van der Waals surface area (Å²) in [5.41, 5.74) is 3.58. The number of nitrogens with zero attached hydrogens (tertiary/aromatic N) is 4. The lowest BCUT2D eigenvalue weighted by atomic mass is 9.90. The molecule has 1 aromatic heterocycles. The lowest BCUT2D eigenvalue weighted by molar-refractivity contribution is -0.276. The third kappa shape index (κ3) is 7.58. The molecule has 4 atom stereocenters. The van der Waals surface area contributed by atoms with Crippen LogP contribution in [0.15, 0.2) is 102 Å². The van der Waals surface area contributed by atoms with Gasteiger partial charge in [-0.25, -0.2) is 23.1 Å². The van der Waals surface area contributed by atoms with E-state index in [1.807, 2.05) is 54.6 Å². The highest BCUT2D eigenvalue weighted by molar-refractivity contribution is 7.89. The van der Waals surface area contributed by atoms with Crippen LogP contribution in [0.3, 0.4) is 0 Å². The third-order valence-electron chi connectivity index (χ3n) is 8.54. The Kier molecular flexibility index (Phi) is 9.84. The smallest absolute Gasteiger partial charge is 0.240 e. The van der Waals surface area contributed by atoms with Gasteiger partial charge in [0.15, 0.2) is 6.29 Å². The SMILES string of the molecule is C[C@@H]1[C@H](CN2CCN(c3ncccn3)CC2)O[C@H](c2ccc(CNS(=O)(=O)c3ccccc3)cc2)O[C@@H]1c1ccc(CO)cc1. The van der Waals surface area contributed by atoms with Crippen LogP contribution in [0.2, 0.25) is 0 Å². The Hall–Kier alpha value is -3.71. The number of aliphatic hydroxyl groups excluding tert-OH is 1. The maximum absolute atomic E-state index is 12.7. The van der Waals surface area contributed by atoms with Crippen molar-refractivity contribution >= 4 is 16.0 Å². The van der Waals surface area contributed by atoms with Crippen LogP contribution in [0.5, 0.6) is 0 Å². The highest BCUT2D eigenvalue weighted by atomic mass is 32.2. The molecule has 0 amide bonds. The summed E-state index contributed by atoms with van der Waals surface area (Å²) in [6, 6.07) is 25.8. The molecule has 2 fully saturated rings. The fourth-order valence-corrected chi connectivity index (χ4v) is 6.86. The zero-order valence-corrected chi connectivity index (χ0v) is 26.1. The molecule has 3 heterocycles. The molecule has 0 aliphatic carbocycles. The van der Waals surface area contributed by atoms with Gasteiger partial charge in [0.2, 0.25) is 16.0 Å². The molecule has 3 aromatic carbocycles. The van der Waals surface area contributed by atoms with Crippen LogP contribution in [0.4, 0.5) is 5.95 Å². The van der Waals surface area contributed by atoms with E-state index in [0.717, 1.165) is 60.9 Å². The molecule has 2 saturated heterocycles. The van der Waals surface area contributed by atoms with Crippen LogP contribution < -0.4 is 9.62 Å². The summed E-state index contributed by atoms with van der Waals surface area (Å²) in [4.78, 5) is 13.7. The van der Waals surface area contributed by atoms with Crippen LogP contribution in [-0.2, 0) is 32.6 Å². The number of rotatable bonds is 10. The molecule has 0 spiro atoms. The number of piperazine rings is 1.